The second kappa shape index (κ2) is 13.2. The number of rotatable bonds is 0. The summed E-state index contributed by atoms with van der Waals surface area (Å²) in [6.07, 6.45) is 2.44. The second-order valence-electron chi connectivity index (χ2n) is 4.56. The molecular formula is C12H30N6. The molecule has 0 spiro atoms. The summed E-state index contributed by atoms with van der Waals surface area (Å²) in [6, 6.07) is 0. The van der Waals surface area contributed by atoms with E-state index in [0.717, 1.165) is 65.4 Å². The van der Waals surface area contributed by atoms with Crippen molar-refractivity contribution in [1.29, 1.82) is 0 Å². The Kier molecular flexibility index (Phi) is 11.6. The predicted octanol–water partition coefficient (Wildman–Crippen LogP) is -1.77. The van der Waals surface area contributed by atoms with Gasteiger partial charge in [0.2, 0.25) is 0 Å². The van der Waals surface area contributed by atoms with Crippen LogP contribution in [0.5, 0.6) is 0 Å². The van der Waals surface area contributed by atoms with Gasteiger partial charge in [-0.3, -0.25) is 10.9 Å². The van der Waals surface area contributed by atoms with E-state index in [9.17, 15) is 0 Å². The number of hydrogen-bond acceptors (Lipinski definition) is 6. The van der Waals surface area contributed by atoms with Crippen LogP contribution in [0, 0.1) is 0 Å². The molecule has 0 atom stereocenters. The van der Waals surface area contributed by atoms with E-state index in [1.54, 1.807) is 0 Å². The Labute approximate surface area is 111 Å². The third kappa shape index (κ3) is 10.9. The quantitative estimate of drug-likeness (QED) is 0.309. The molecule has 1 fully saturated rings. The molecular weight excluding hydrogens is 228 g/mol. The van der Waals surface area contributed by atoms with Gasteiger partial charge in [0.1, 0.15) is 0 Å². The Morgan fingerprint density at radius 1 is 0.333 bits per heavy atom. The van der Waals surface area contributed by atoms with Crippen LogP contribution in [0.3, 0.4) is 0 Å². The molecule has 0 unspecified atom stereocenters. The molecule has 0 amide bonds. The van der Waals surface area contributed by atoms with Crippen LogP contribution >= 0.6 is 0 Å². The molecule has 0 aromatic carbocycles. The molecule has 1 aliphatic rings. The van der Waals surface area contributed by atoms with Gasteiger partial charge in [0.05, 0.1) is 0 Å². The Morgan fingerprint density at radius 2 is 0.722 bits per heavy atom. The van der Waals surface area contributed by atoms with Crippen molar-refractivity contribution in [3.05, 3.63) is 0 Å². The van der Waals surface area contributed by atoms with Crippen LogP contribution in [0.15, 0.2) is 0 Å². The highest BCUT2D eigenvalue weighted by Gasteiger charge is 1.93. The zero-order chi connectivity index (χ0) is 12.7. The minimum absolute atomic E-state index is 0.972. The highest BCUT2D eigenvalue weighted by Crippen LogP contribution is 1.82. The number of nitrogens with one attached hydrogen (secondary N) is 6. The van der Waals surface area contributed by atoms with Crippen LogP contribution in [0.2, 0.25) is 0 Å². The SMILES string of the molecule is C1CCNNCCNCCNCCNCCNC1. The van der Waals surface area contributed by atoms with Gasteiger partial charge in [0.25, 0.3) is 0 Å². The molecule has 6 nitrogen and oxygen atoms in total. The van der Waals surface area contributed by atoms with Crippen molar-refractivity contribution in [2.45, 2.75) is 12.8 Å². The lowest BCUT2D eigenvalue weighted by Gasteiger charge is -2.11. The topological polar surface area (TPSA) is 72.2 Å². The van der Waals surface area contributed by atoms with E-state index in [2.05, 4.69) is 32.1 Å². The summed E-state index contributed by atoms with van der Waals surface area (Å²) >= 11 is 0. The molecule has 0 aromatic heterocycles. The first-order valence-electron chi connectivity index (χ1n) is 7.29. The summed E-state index contributed by atoms with van der Waals surface area (Å²) < 4.78 is 0. The van der Waals surface area contributed by atoms with Crippen LogP contribution in [0.1, 0.15) is 12.8 Å². The van der Waals surface area contributed by atoms with Gasteiger partial charge in [-0.2, -0.15) is 0 Å². The summed E-state index contributed by atoms with van der Waals surface area (Å²) in [4.78, 5) is 0. The maximum atomic E-state index is 3.45. The molecule has 1 aliphatic heterocycles. The average molecular weight is 258 g/mol. The summed E-state index contributed by atoms with van der Waals surface area (Å²) in [5.41, 5.74) is 6.47. The normalized spacial score (nSPS) is 24.0. The third-order valence-corrected chi connectivity index (χ3v) is 2.89. The first-order valence-corrected chi connectivity index (χ1v) is 7.29. The minimum atomic E-state index is 0.972. The smallest absolute Gasteiger partial charge is 0.0225 e. The van der Waals surface area contributed by atoms with Crippen molar-refractivity contribution >= 4 is 0 Å². The fourth-order valence-corrected chi connectivity index (χ4v) is 1.82. The highest BCUT2D eigenvalue weighted by atomic mass is 15.3. The van der Waals surface area contributed by atoms with Crippen LogP contribution in [-0.4, -0.2) is 65.4 Å². The Morgan fingerprint density at radius 3 is 1.33 bits per heavy atom. The first kappa shape index (κ1) is 15.8. The van der Waals surface area contributed by atoms with Gasteiger partial charge in [0, 0.05) is 58.9 Å². The van der Waals surface area contributed by atoms with E-state index < -0.39 is 0 Å². The monoisotopic (exact) mass is 258 g/mol. The maximum Gasteiger partial charge on any atom is 0.0225 e. The van der Waals surface area contributed by atoms with E-state index in [0.29, 0.717) is 0 Å². The molecule has 0 aliphatic carbocycles. The molecule has 1 heterocycles. The van der Waals surface area contributed by atoms with Crippen molar-refractivity contribution in [2.75, 3.05) is 65.4 Å². The van der Waals surface area contributed by atoms with Gasteiger partial charge in [-0.05, 0) is 19.4 Å². The molecule has 0 radical (unpaired) electrons. The fourth-order valence-electron chi connectivity index (χ4n) is 1.82. The molecule has 6 heteroatoms. The first-order chi connectivity index (χ1) is 9.00. The molecule has 0 aromatic rings. The largest absolute Gasteiger partial charge is 0.315 e. The summed E-state index contributed by atoms with van der Waals surface area (Å²) in [6.45, 7) is 10.4. The van der Waals surface area contributed by atoms with Gasteiger partial charge in [-0.25, -0.2) is 0 Å². The lowest BCUT2D eigenvalue weighted by Crippen LogP contribution is -2.40. The molecule has 6 N–H and O–H groups in total. The van der Waals surface area contributed by atoms with Crippen molar-refractivity contribution in [2.24, 2.45) is 0 Å². The van der Waals surface area contributed by atoms with E-state index in [1.807, 2.05) is 0 Å². The van der Waals surface area contributed by atoms with Crippen LogP contribution in [0.4, 0.5) is 0 Å². The molecule has 108 valence electrons. The zero-order valence-corrected chi connectivity index (χ0v) is 11.5. The minimum Gasteiger partial charge on any atom is -0.315 e. The van der Waals surface area contributed by atoms with Gasteiger partial charge >= 0.3 is 0 Å². The van der Waals surface area contributed by atoms with Gasteiger partial charge in [-0.15, -0.1) is 0 Å². The van der Waals surface area contributed by atoms with Crippen LogP contribution < -0.4 is 32.1 Å². The second-order valence-corrected chi connectivity index (χ2v) is 4.56. The van der Waals surface area contributed by atoms with Crippen molar-refractivity contribution in [3.63, 3.8) is 0 Å². The summed E-state index contributed by atoms with van der Waals surface area (Å²) in [5.74, 6) is 0. The Bertz CT molecular complexity index is 91.6. The standard InChI is InChI=1S/C12H30N6/c1-2-4-17-18-12-11-16-10-9-15-8-7-14-6-5-13-3-1/h13-18H,1-12H2. The fraction of sp³-hybridized carbons (Fsp3) is 1.00. The van der Waals surface area contributed by atoms with E-state index in [4.69, 9.17) is 0 Å². The molecule has 0 saturated carbocycles. The van der Waals surface area contributed by atoms with Gasteiger partial charge < -0.3 is 21.3 Å². The van der Waals surface area contributed by atoms with Crippen molar-refractivity contribution in [1.82, 2.24) is 32.1 Å². The van der Waals surface area contributed by atoms with E-state index in [-0.39, 0.29) is 0 Å². The van der Waals surface area contributed by atoms with Crippen LogP contribution in [0.25, 0.3) is 0 Å². The lowest BCUT2D eigenvalue weighted by molar-refractivity contribution is 0.485. The van der Waals surface area contributed by atoms with Crippen LogP contribution in [-0.2, 0) is 0 Å². The van der Waals surface area contributed by atoms with Gasteiger partial charge in [0.15, 0.2) is 0 Å². The maximum absolute atomic E-state index is 3.45. The van der Waals surface area contributed by atoms with Crippen molar-refractivity contribution < 1.29 is 0 Å². The lowest BCUT2D eigenvalue weighted by atomic mass is 10.3. The zero-order valence-electron chi connectivity index (χ0n) is 11.5. The highest BCUT2D eigenvalue weighted by molar-refractivity contribution is 4.58. The van der Waals surface area contributed by atoms with Gasteiger partial charge in [-0.1, -0.05) is 0 Å². The molecule has 18 heavy (non-hydrogen) atoms. The third-order valence-electron chi connectivity index (χ3n) is 2.89. The summed E-state index contributed by atoms with van der Waals surface area (Å²) in [7, 11) is 0. The van der Waals surface area contributed by atoms with E-state index >= 15 is 0 Å². The molecule has 0 bridgehead atoms. The molecule has 1 saturated heterocycles. The number of hydrogen-bond donors (Lipinski definition) is 6. The van der Waals surface area contributed by atoms with E-state index in [1.165, 1.54) is 12.8 Å². The Hall–Kier alpha value is -0.240. The predicted molar refractivity (Wildman–Crippen MR) is 76.7 cm³/mol. The Balaban J connectivity index is 2.00. The number of hydrazine groups is 1. The average Bonchev–Trinajstić information content (AvgIpc) is 2.39. The molecule has 1 rings (SSSR count). The summed E-state index contributed by atoms with van der Waals surface area (Å²) in [5, 5.41) is 13.7. The van der Waals surface area contributed by atoms with Crippen molar-refractivity contribution in [3.8, 4) is 0 Å².